The van der Waals surface area contributed by atoms with E-state index in [4.69, 9.17) is 0 Å². The summed E-state index contributed by atoms with van der Waals surface area (Å²) in [5.74, 6) is 1.56. The minimum absolute atomic E-state index is 0.0351. The molecule has 23 heavy (non-hydrogen) atoms. The lowest BCUT2D eigenvalue weighted by atomic mass is 9.73. The number of piperidine rings is 1. The summed E-state index contributed by atoms with van der Waals surface area (Å²) in [6, 6.07) is 10.0. The number of benzene rings is 1. The van der Waals surface area contributed by atoms with Gasteiger partial charge in [-0.3, -0.25) is 10.00 Å². The summed E-state index contributed by atoms with van der Waals surface area (Å²) in [5, 5.41) is 27.6. The lowest BCUT2D eigenvalue weighted by Crippen LogP contribution is -2.54. The molecule has 1 aliphatic rings. The van der Waals surface area contributed by atoms with Crippen LogP contribution in [0.25, 0.3) is 0 Å². The van der Waals surface area contributed by atoms with Crippen molar-refractivity contribution < 1.29 is 10.2 Å². The van der Waals surface area contributed by atoms with Crippen LogP contribution in [-0.4, -0.2) is 56.1 Å². The molecule has 0 spiro atoms. The van der Waals surface area contributed by atoms with Gasteiger partial charge in [0.1, 0.15) is 5.82 Å². The van der Waals surface area contributed by atoms with Gasteiger partial charge in [-0.25, -0.2) is 4.98 Å². The summed E-state index contributed by atoms with van der Waals surface area (Å²) in [5.41, 5.74) is 0.599. The zero-order valence-corrected chi connectivity index (χ0v) is 13.4. The molecule has 0 saturated carbocycles. The Morgan fingerprint density at radius 1 is 1.35 bits per heavy atom. The Bertz CT molecular complexity index is 631. The largest absolute Gasteiger partial charge is 0.396 e. The number of nitrogens with zero attached hydrogens (tertiary/aromatic N) is 3. The maximum atomic E-state index is 10.5. The van der Waals surface area contributed by atoms with Crippen molar-refractivity contribution in [3.63, 3.8) is 0 Å². The molecular weight excluding hydrogens is 292 g/mol. The maximum Gasteiger partial charge on any atom is 0.164 e. The van der Waals surface area contributed by atoms with Gasteiger partial charge in [-0.1, -0.05) is 30.3 Å². The molecule has 0 radical (unpaired) electrons. The van der Waals surface area contributed by atoms with E-state index >= 15 is 0 Å². The van der Waals surface area contributed by atoms with Crippen molar-refractivity contribution in [3.8, 4) is 0 Å². The minimum Gasteiger partial charge on any atom is -0.396 e. The fourth-order valence-electron chi connectivity index (χ4n) is 3.42. The molecule has 1 aromatic carbocycles. The smallest absolute Gasteiger partial charge is 0.164 e. The van der Waals surface area contributed by atoms with Gasteiger partial charge < -0.3 is 10.2 Å². The molecule has 2 aromatic rings. The molecule has 1 saturated heterocycles. The number of aryl methyl sites for hydroxylation is 1. The second kappa shape index (κ2) is 6.78. The molecule has 0 aliphatic carbocycles. The van der Waals surface area contributed by atoms with Crippen LogP contribution in [0.3, 0.4) is 0 Å². The molecule has 3 N–H and O–H groups in total. The topological polar surface area (TPSA) is 85.3 Å². The first kappa shape index (κ1) is 16.1. The van der Waals surface area contributed by atoms with E-state index < -0.39 is 11.5 Å². The summed E-state index contributed by atoms with van der Waals surface area (Å²) in [7, 11) is 0. The third-order valence-corrected chi connectivity index (χ3v) is 4.69. The van der Waals surface area contributed by atoms with Crippen molar-refractivity contribution in [2.75, 3.05) is 19.7 Å². The molecule has 1 aromatic heterocycles. The molecule has 124 valence electrons. The normalized spacial score (nSPS) is 25.6. The quantitative estimate of drug-likeness (QED) is 0.763. The standard InChI is InChI=1S/C17H24N4O2/c1-13-18-16(20-19-13)10-21-8-7-15(23)17(11-21,12-22)9-14-5-3-2-4-6-14/h2-6,15,22-23H,7-12H2,1H3,(H,18,19,20)/t15-,17+/m0/s1. The molecule has 0 amide bonds. The SMILES string of the molecule is Cc1nc(CN2CC[C@H](O)[C@](CO)(Cc3ccccc3)C2)n[nH]1. The molecule has 6 heteroatoms. The van der Waals surface area contributed by atoms with Crippen LogP contribution in [-0.2, 0) is 13.0 Å². The highest BCUT2D eigenvalue weighted by Gasteiger charge is 2.42. The van der Waals surface area contributed by atoms with Crippen LogP contribution in [0.1, 0.15) is 23.6 Å². The Labute approximate surface area is 136 Å². The first-order chi connectivity index (χ1) is 11.1. The van der Waals surface area contributed by atoms with Crippen LogP contribution in [0.5, 0.6) is 0 Å². The molecule has 0 bridgehead atoms. The maximum absolute atomic E-state index is 10.5. The fourth-order valence-corrected chi connectivity index (χ4v) is 3.42. The zero-order chi connectivity index (χ0) is 16.3. The Morgan fingerprint density at radius 2 is 2.13 bits per heavy atom. The predicted molar refractivity (Wildman–Crippen MR) is 86.7 cm³/mol. The fraction of sp³-hybridized carbons (Fsp3) is 0.529. The van der Waals surface area contributed by atoms with Gasteiger partial charge in [0.25, 0.3) is 0 Å². The van der Waals surface area contributed by atoms with Crippen molar-refractivity contribution in [2.45, 2.75) is 32.4 Å². The highest BCUT2D eigenvalue weighted by atomic mass is 16.3. The van der Waals surface area contributed by atoms with Crippen LogP contribution >= 0.6 is 0 Å². The molecule has 1 fully saturated rings. The molecule has 0 unspecified atom stereocenters. The van der Waals surface area contributed by atoms with Gasteiger partial charge in [-0.2, -0.15) is 5.10 Å². The zero-order valence-electron chi connectivity index (χ0n) is 13.4. The number of nitrogens with one attached hydrogen (secondary N) is 1. The van der Waals surface area contributed by atoms with Gasteiger partial charge in [-0.05, 0) is 25.3 Å². The van der Waals surface area contributed by atoms with Crippen molar-refractivity contribution in [1.82, 2.24) is 20.1 Å². The van der Waals surface area contributed by atoms with Crippen molar-refractivity contribution in [3.05, 3.63) is 47.5 Å². The van der Waals surface area contributed by atoms with Gasteiger partial charge in [0.2, 0.25) is 0 Å². The molecule has 1 aliphatic heterocycles. The second-order valence-corrected chi connectivity index (χ2v) is 6.54. The minimum atomic E-state index is -0.537. The lowest BCUT2D eigenvalue weighted by Gasteiger charge is -2.45. The summed E-state index contributed by atoms with van der Waals surface area (Å²) in [6.07, 6.45) is 0.809. The van der Waals surface area contributed by atoms with Gasteiger partial charge in [0.05, 0.1) is 19.3 Å². The third kappa shape index (κ3) is 3.60. The van der Waals surface area contributed by atoms with Crippen LogP contribution in [0, 0.1) is 12.3 Å². The first-order valence-electron chi connectivity index (χ1n) is 8.04. The molecular formula is C17H24N4O2. The average molecular weight is 316 g/mol. The monoisotopic (exact) mass is 316 g/mol. The number of rotatable bonds is 5. The van der Waals surface area contributed by atoms with Gasteiger partial charge in [0.15, 0.2) is 5.82 Å². The van der Waals surface area contributed by atoms with E-state index in [-0.39, 0.29) is 6.61 Å². The number of aliphatic hydroxyl groups excluding tert-OH is 2. The van der Waals surface area contributed by atoms with Crippen molar-refractivity contribution >= 4 is 0 Å². The first-order valence-corrected chi connectivity index (χ1v) is 8.04. The molecule has 3 rings (SSSR count). The van der Waals surface area contributed by atoms with Crippen molar-refractivity contribution in [2.24, 2.45) is 5.41 Å². The third-order valence-electron chi connectivity index (χ3n) is 4.69. The van der Waals surface area contributed by atoms with E-state index in [1.165, 1.54) is 0 Å². The van der Waals surface area contributed by atoms with E-state index in [2.05, 4.69) is 20.1 Å². The van der Waals surface area contributed by atoms with Crippen LogP contribution in [0.15, 0.2) is 30.3 Å². The number of hydrogen-bond acceptors (Lipinski definition) is 5. The van der Waals surface area contributed by atoms with Gasteiger partial charge >= 0.3 is 0 Å². The van der Waals surface area contributed by atoms with Gasteiger partial charge in [0, 0.05) is 18.5 Å². The Morgan fingerprint density at radius 3 is 2.78 bits per heavy atom. The van der Waals surface area contributed by atoms with Crippen molar-refractivity contribution in [1.29, 1.82) is 0 Å². The number of aromatic amines is 1. The number of likely N-dealkylation sites (tertiary alicyclic amines) is 1. The van der Waals surface area contributed by atoms with Crippen LogP contribution < -0.4 is 0 Å². The number of aromatic nitrogens is 3. The van der Waals surface area contributed by atoms with E-state index in [1.54, 1.807) is 0 Å². The molecule has 2 atom stereocenters. The lowest BCUT2D eigenvalue weighted by molar-refractivity contribution is -0.0773. The molecule has 2 heterocycles. The van der Waals surface area contributed by atoms with Crippen LogP contribution in [0.4, 0.5) is 0 Å². The van der Waals surface area contributed by atoms with E-state index in [0.717, 1.165) is 23.8 Å². The summed E-state index contributed by atoms with van der Waals surface area (Å²) in [4.78, 5) is 6.56. The highest BCUT2D eigenvalue weighted by molar-refractivity contribution is 5.18. The second-order valence-electron chi connectivity index (χ2n) is 6.54. The summed E-state index contributed by atoms with van der Waals surface area (Å²) >= 11 is 0. The average Bonchev–Trinajstić information content (AvgIpc) is 2.96. The van der Waals surface area contributed by atoms with E-state index in [1.807, 2.05) is 37.3 Å². The summed E-state index contributed by atoms with van der Waals surface area (Å²) < 4.78 is 0. The number of hydrogen-bond donors (Lipinski definition) is 3. The summed E-state index contributed by atoms with van der Waals surface area (Å²) in [6.45, 7) is 3.89. The number of H-pyrrole nitrogens is 1. The van der Waals surface area contributed by atoms with Gasteiger partial charge in [-0.15, -0.1) is 0 Å². The van der Waals surface area contributed by atoms with E-state index in [9.17, 15) is 10.2 Å². The predicted octanol–water partition coefficient (Wildman–Crippen LogP) is 0.901. The Balaban J connectivity index is 1.74. The highest BCUT2D eigenvalue weighted by Crippen LogP contribution is 2.34. The van der Waals surface area contributed by atoms with E-state index in [0.29, 0.717) is 25.9 Å². The number of aliphatic hydroxyl groups is 2. The van der Waals surface area contributed by atoms with Crippen LogP contribution in [0.2, 0.25) is 0 Å². The Kier molecular flexibility index (Phi) is 4.75. The molecule has 6 nitrogen and oxygen atoms in total. The Hall–Kier alpha value is -1.76.